The Bertz CT molecular complexity index is 260. The summed E-state index contributed by atoms with van der Waals surface area (Å²) in [7, 11) is 1.40. The molecule has 16 heavy (non-hydrogen) atoms. The van der Waals surface area contributed by atoms with E-state index in [1.54, 1.807) is 4.90 Å². The van der Waals surface area contributed by atoms with E-state index in [-0.39, 0.29) is 17.8 Å². The van der Waals surface area contributed by atoms with Crippen molar-refractivity contribution in [1.82, 2.24) is 4.90 Å². The van der Waals surface area contributed by atoms with Crippen LogP contribution in [-0.4, -0.2) is 43.0 Å². The Labute approximate surface area is 95.9 Å². The van der Waals surface area contributed by atoms with Crippen LogP contribution in [0.5, 0.6) is 0 Å². The van der Waals surface area contributed by atoms with Crippen LogP contribution in [0, 0.1) is 5.92 Å². The molecule has 1 amide bonds. The third-order valence-electron chi connectivity index (χ3n) is 3.10. The van der Waals surface area contributed by atoms with Gasteiger partial charge in [0.25, 0.3) is 0 Å². The van der Waals surface area contributed by atoms with Gasteiger partial charge in [-0.3, -0.25) is 9.59 Å². The predicted molar refractivity (Wildman–Crippen MR) is 59.6 cm³/mol. The van der Waals surface area contributed by atoms with Gasteiger partial charge in [0.05, 0.1) is 19.1 Å². The molecular formula is C11H20N2O3. The van der Waals surface area contributed by atoms with Gasteiger partial charge in [-0.2, -0.15) is 0 Å². The first kappa shape index (κ1) is 13.0. The maximum atomic E-state index is 11.8. The topological polar surface area (TPSA) is 72.6 Å². The zero-order valence-electron chi connectivity index (χ0n) is 9.94. The lowest BCUT2D eigenvalue weighted by molar-refractivity contribution is -0.149. The van der Waals surface area contributed by atoms with Gasteiger partial charge in [-0.15, -0.1) is 0 Å². The van der Waals surface area contributed by atoms with E-state index in [1.165, 1.54) is 7.11 Å². The lowest BCUT2D eigenvalue weighted by Crippen LogP contribution is -2.47. The highest BCUT2D eigenvalue weighted by molar-refractivity contribution is 5.82. The van der Waals surface area contributed by atoms with E-state index >= 15 is 0 Å². The molecule has 0 aromatic carbocycles. The standard InChI is InChI=1S/C11H20N2O3/c1-3-9(12)10(14)13-6-4-8(5-7-13)11(15)16-2/h8-9H,3-7,12H2,1-2H3. The number of esters is 1. The second kappa shape index (κ2) is 5.84. The number of methoxy groups -OCH3 is 1. The predicted octanol–water partition coefficient (Wildman–Crippen LogP) is 0.135. The minimum atomic E-state index is -0.408. The van der Waals surface area contributed by atoms with Crippen molar-refractivity contribution < 1.29 is 14.3 Å². The molecule has 1 aliphatic heterocycles. The van der Waals surface area contributed by atoms with Crippen molar-refractivity contribution in [3.05, 3.63) is 0 Å². The van der Waals surface area contributed by atoms with Crippen LogP contribution >= 0.6 is 0 Å². The number of nitrogens with two attached hydrogens (primary N) is 1. The molecule has 1 fully saturated rings. The summed E-state index contributed by atoms with van der Waals surface area (Å²) in [6, 6.07) is -0.408. The van der Waals surface area contributed by atoms with Gasteiger partial charge in [-0.25, -0.2) is 0 Å². The summed E-state index contributed by atoms with van der Waals surface area (Å²) in [4.78, 5) is 24.8. The molecule has 2 N–H and O–H groups in total. The first-order valence-electron chi connectivity index (χ1n) is 5.72. The maximum absolute atomic E-state index is 11.8. The Morgan fingerprint density at radius 1 is 1.44 bits per heavy atom. The van der Waals surface area contributed by atoms with E-state index in [2.05, 4.69) is 4.74 Å². The summed E-state index contributed by atoms with van der Waals surface area (Å²) >= 11 is 0. The SMILES string of the molecule is CCC(N)C(=O)N1CCC(C(=O)OC)CC1. The van der Waals surface area contributed by atoms with Crippen LogP contribution < -0.4 is 5.73 Å². The van der Waals surface area contributed by atoms with Crippen LogP contribution in [0.3, 0.4) is 0 Å². The molecule has 1 atom stereocenters. The number of ether oxygens (including phenoxy) is 1. The number of piperidine rings is 1. The van der Waals surface area contributed by atoms with Gasteiger partial charge in [-0.05, 0) is 19.3 Å². The molecule has 5 heteroatoms. The van der Waals surface area contributed by atoms with Gasteiger partial charge >= 0.3 is 5.97 Å². The van der Waals surface area contributed by atoms with E-state index in [9.17, 15) is 9.59 Å². The highest BCUT2D eigenvalue weighted by atomic mass is 16.5. The van der Waals surface area contributed by atoms with Crippen molar-refractivity contribution in [2.75, 3.05) is 20.2 Å². The van der Waals surface area contributed by atoms with Gasteiger partial charge in [0.1, 0.15) is 0 Å². The number of hydrogen-bond donors (Lipinski definition) is 1. The number of nitrogens with zero attached hydrogens (tertiary/aromatic N) is 1. The van der Waals surface area contributed by atoms with Gasteiger partial charge < -0.3 is 15.4 Å². The van der Waals surface area contributed by atoms with Crippen molar-refractivity contribution in [2.24, 2.45) is 11.7 Å². The molecule has 0 aromatic heterocycles. The van der Waals surface area contributed by atoms with Gasteiger partial charge in [-0.1, -0.05) is 6.92 Å². The molecule has 92 valence electrons. The molecule has 1 aliphatic rings. The second-order valence-corrected chi connectivity index (χ2v) is 4.14. The fourth-order valence-electron chi connectivity index (χ4n) is 1.91. The van der Waals surface area contributed by atoms with Crippen molar-refractivity contribution in [1.29, 1.82) is 0 Å². The number of amides is 1. The molecule has 1 unspecified atom stereocenters. The Kier molecular flexibility index (Phi) is 4.73. The zero-order chi connectivity index (χ0) is 12.1. The lowest BCUT2D eigenvalue weighted by Gasteiger charge is -2.32. The highest BCUT2D eigenvalue weighted by Gasteiger charge is 2.29. The maximum Gasteiger partial charge on any atom is 0.308 e. The molecular weight excluding hydrogens is 208 g/mol. The summed E-state index contributed by atoms with van der Waals surface area (Å²) < 4.78 is 4.69. The molecule has 0 aromatic rings. The van der Waals surface area contributed by atoms with Crippen LogP contribution in [0.4, 0.5) is 0 Å². The number of rotatable bonds is 3. The highest BCUT2D eigenvalue weighted by Crippen LogP contribution is 2.18. The minimum Gasteiger partial charge on any atom is -0.469 e. The summed E-state index contributed by atoms with van der Waals surface area (Å²) in [5, 5.41) is 0. The Hall–Kier alpha value is -1.10. The van der Waals surface area contributed by atoms with Gasteiger partial charge in [0, 0.05) is 13.1 Å². The van der Waals surface area contributed by atoms with Crippen LogP contribution in [0.2, 0.25) is 0 Å². The summed E-state index contributed by atoms with van der Waals surface area (Å²) in [5.41, 5.74) is 5.69. The molecule has 0 spiro atoms. The molecule has 1 rings (SSSR count). The van der Waals surface area contributed by atoms with Crippen molar-refractivity contribution in [3.63, 3.8) is 0 Å². The fourth-order valence-corrected chi connectivity index (χ4v) is 1.91. The third kappa shape index (κ3) is 2.95. The first-order valence-corrected chi connectivity index (χ1v) is 5.72. The smallest absolute Gasteiger partial charge is 0.308 e. The molecule has 1 saturated heterocycles. The average Bonchev–Trinajstić information content (AvgIpc) is 2.36. The average molecular weight is 228 g/mol. The lowest BCUT2D eigenvalue weighted by atomic mass is 9.96. The van der Waals surface area contributed by atoms with E-state index in [0.717, 1.165) is 0 Å². The zero-order valence-corrected chi connectivity index (χ0v) is 9.94. The van der Waals surface area contributed by atoms with Crippen LogP contribution in [0.15, 0.2) is 0 Å². The summed E-state index contributed by atoms with van der Waals surface area (Å²) in [6.45, 7) is 3.10. The first-order chi connectivity index (χ1) is 7.60. The summed E-state index contributed by atoms with van der Waals surface area (Å²) in [5.74, 6) is -0.246. The van der Waals surface area contributed by atoms with E-state index in [0.29, 0.717) is 32.4 Å². The molecule has 0 bridgehead atoms. The largest absolute Gasteiger partial charge is 0.469 e. The van der Waals surface area contributed by atoms with E-state index in [4.69, 9.17) is 5.73 Å². The Morgan fingerprint density at radius 3 is 2.44 bits per heavy atom. The molecule has 1 heterocycles. The summed E-state index contributed by atoms with van der Waals surface area (Å²) in [6.07, 6.45) is 2.00. The Morgan fingerprint density at radius 2 is 2.00 bits per heavy atom. The van der Waals surface area contributed by atoms with Crippen molar-refractivity contribution in [3.8, 4) is 0 Å². The number of likely N-dealkylation sites (tertiary alicyclic amines) is 1. The van der Waals surface area contributed by atoms with E-state index < -0.39 is 6.04 Å². The van der Waals surface area contributed by atoms with Crippen molar-refractivity contribution in [2.45, 2.75) is 32.2 Å². The third-order valence-corrected chi connectivity index (χ3v) is 3.10. The minimum absolute atomic E-state index is 0.00850. The molecule has 0 aliphatic carbocycles. The second-order valence-electron chi connectivity index (χ2n) is 4.14. The monoisotopic (exact) mass is 228 g/mol. The van der Waals surface area contributed by atoms with Crippen LogP contribution in [0.25, 0.3) is 0 Å². The number of carbonyl (C=O) groups is 2. The normalized spacial score (nSPS) is 19.3. The number of carbonyl (C=O) groups excluding carboxylic acids is 2. The van der Waals surface area contributed by atoms with Gasteiger partial charge in [0.15, 0.2) is 0 Å². The van der Waals surface area contributed by atoms with Crippen LogP contribution in [-0.2, 0) is 14.3 Å². The van der Waals surface area contributed by atoms with Crippen molar-refractivity contribution >= 4 is 11.9 Å². The Balaban J connectivity index is 2.43. The number of hydrogen-bond acceptors (Lipinski definition) is 4. The van der Waals surface area contributed by atoms with Gasteiger partial charge in [0.2, 0.25) is 5.91 Å². The fraction of sp³-hybridized carbons (Fsp3) is 0.818. The molecule has 5 nitrogen and oxygen atoms in total. The molecule has 0 radical (unpaired) electrons. The quantitative estimate of drug-likeness (QED) is 0.697. The molecule has 0 saturated carbocycles. The van der Waals surface area contributed by atoms with Crippen LogP contribution in [0.1, 0.15) is 26.2 Å². The van der Waals surface area contributed by atoms with E-state index in [1.807, 2.05) is 6.92 Å².